The van der Waals surface area contributed by atoms with Crippen LogP contribution in [0.25, 0.3) is 11.1 Å². The van der Waals surface area contributed by atoms with Crippen LogP contribution in [0.2, 0.25) is 0 Å². The van der Waals surface area contributed by atoms with E-state index < -0.39 is 0 Å². The minimum atomic E-state index is -0.332. The second-order valence-electron chi connectivity index (χ2n) is 9.51. The predicted molar refractivity (Wildman–Crippen MR) is 123 cm³/mol. The Bertz CT molecular complexity index is 1270. The molecule has 2 unspecified atom stereocenters. The zero-order valence-corrected chi connectivity index (χ0v) is 19.1. The monoisotopic (exact) mass is 467 g/mol. The van der Waals surface area contributed by atoms with Gasteiger partial charge in [-0.15, -0.1) is 11.3 Å². The summed E-state index contributed by atoms with van der Waals surface area (Å²) in [5.74, 6) is 3.09. The molecule has 4 aliphatic rings. The molecule has 9 nitrogen and oxygen atoms in total. The van der Waals surface area contributed by atoms with Crippen molar-refractivity contribution in [2.24, 2.45) is 17.8 Å². The summed E-state index contributed by atoms with van der Waals surface area (Å²) in [7, 11) is 0. The van der Waals surface area contributed by atoms with Crippen LogP contribution in [0.4, 0.5) is 15.9 Å². The molecular formula is C23H25N5O4S. The summed E-state index contributed by atoms with van der Waals surface area (Å²) in [5.41, 5.74) is 2.75. The molecule has 3 aliphatic carbocycles. The highest BCUT2D eigenvalue weighted by Crippen LogP contribution is 2.76. The van der Waals surface area contributed by atoms with Crippen LogP contribution in [0.1, 0.15) is 30.3 Å². The third-order valence-corrected chi connectivity index (χ3v) is 8.63. The Labute approximate surface area is 194 Å². The Morgan fingerprint density at radius 3 is 3.06 bits per heavy atom. The van der Waals surface area contributed by atoms with Crippen molar-refractivity contribution in [3.8, 4) is 5.75 Å². The van der Waals surface area contributed by atoms with Gasteiger partial charge in [-0.25, -0.2) is 9.78 Å². The number of ether oxygens (including phenoxy) is 1. The number of thiazole rings is 1. The molecule has 10 heteroatoms. The molecule has 0 radical (unpaired) electrons. The fourth-order valence-corrected chi connectivity index (χ4v) is 7.37. The Balaban J connectivity index is 1.15. The number of benzene rings is 1. The number of oxazole rings is 1. The summed E-state index contributed by atoms with van der Waals surface area (Å²) < 4.78 is 11.8. The molecule has 0 spiro atoms. The zero-order chi connectivity index (χ0) is 22.4. The van der Waals surface area contributed by atoms with Gasteiger partial charge in [-0.05, 0) is 50.2 Å². The molecule has 2 aromatic heterocycles. The third kappa shape index (κ3) is 2.83. The molecule has 2 amide bonds. The van der Waals surface area contributed by atoms with Crippen LogP contribution >= 0.6 is 11.3 Å². The molecule has 1 aliphatic heterocycles. The van der Waals surface area contributed by atoms with Crippen LogP contribution in [0.5, 0.6) is 5.75 Å². The Hall–Kier alpha value is -2.85. The summed E-state index contributed by atoms with van der Waals surface area (Å²) in [6.07, 6.45) is 0.933. The third-order valence-electron chi connectivity index (χ3n) is 7.52. The number of hydrogen-bond acceptors (Lipinski definition) is 8. The first kappa shape index (κ1) is 19.6. The van der Waals surface area contributed by atoms with Crippen molar-refractivity contribution in [3.05, 3.63) is 28.8 Å². The number of aromatic nitrogens is 2. The van der Waals surface area contributed by atoms with E-state index in [-0.39, 0.29) is 18.7 Å². The van der Waals surface area contributed by atoms with Crippen molar-refractivity contribution >= 4 is 39.6 Å². The van der Waals surface area contributed by atoms with E-state index in [4.69, 9.17) is 24.2 Å². The van der Waals surface area contributed by atoms with Gasteiger partial charge in [-0.3, -0.25) is 5.32 Å². The van der Waals surface area contributed by atoms with Gasteiger partial charge in [0.1, 0.15) is 11.3 Å². The standard InChI is InChI=1S/C23H25N5O4S/c1-3-31-10-4-5-14-12(6-10)26-23(32-14)28-18-11-7-13-20(17-16(15(11)18)19(17)28)33-22(25-13)27-21(30)24-9(2)8-29/h4-6,9,11,15-19,29H,3,7-8H2,1-2H3,(H2,24,25,27,30)/t9-,11+,15?,16-,17?,18+,19+/m1/s1. The van der Waals surface area contributed by atoms with E-state index in [1.54, 1.807) is 18.3 Å². The van der Waals surface area contributed by atoms with E-state index >= 15 is 0 Å². The topological polar surface area (TPSA) is 113 Å². The number of piperidine rings is 2. The van der Waals surface area contributed by atoms with Gasteiger partial charge < -0.3 is 24.5 Å². The van der Waals surface area contributed by atoms with E-state index in [1.807, 2.05) is 25.1 Å². The first-order valence-electron chi connectivity index (χ1n) is 11.6. The number of aliphatic hydroxyl groups is 1. The summed E-state index contributed by atoms with van der Waals surface area (Å²) in [5, 5.41) is 15.3. The van der Waals surface area contributed by atoms with E-state index in [9.17, 15) is 4.79 Å². The lowest BCUT2D eigenvalue weighted by Crippen LogP contribution is -2.38. The minimum Gasteiger partial charge on any atom is -0.494 e. The molecule has 2 saturated carbocycles. The first-order valence-corrected chi connectivity index (χ1v) is 12.4. The van der Waals surface area contributed by atoms with Gasteiger partial charge >= 0.3 is 6.03 Å². The van der Waals surface area contributed by atoms with Crippen LogP contribution in [-0.2, 0) is 6.42 Å². The second kappa shape index (κ2) is 6.83. The molecule has 3 aromatic rings. The van der Waals surface area contributed by atoms with Crippen molar-refractivity contribution in [3.63, 3.8) is 0 Å². The fourth-order valence-electron chi connectivity index (χ4n) is 6.18. The molecule has 172 valence electrons. The number of carbonyl (C=O) groups is 1. The van der Waals surface area contributed by atoms with Gasteiger partial charge in [0, 0.05) is 28.9 Å². The Kier molecular flexibility index (Phi) is 4.06. The van der Waals surface area contributed by atoms with Gasteiger partial charge in [0.25, 0.3) is 6.01 Å². The highest BCUT2D eigenvalue weighted by atomic mass is 32.1. The molecule has 1 aromatic carbocycles. The zero-order valence-electron chi connectivity index (χ0n) is 18.3. The molecule has 7 atom stereocenters. The smallest absolute Gasteiger partial charge is 0.321 e. The van der Waals surface area contributed by atoms with Crippen molar-refractivity contribution in [1.29, 1.82) is 0 Å². The maximum atomic E-state index is 12.2. The van der Waals surface area contributed by atoms with Gasteiger partial charge in [0.2, 0.25) is 0 Å². The van der Waals surface area contributed by atoms with Crippen LogP contribution in [-0.4, -0.2) is 52.4 Å². The van der Waals surface area contributed by atoms with Crippen molar-refractivity contribution in [2.45, 2.75) is 44.3 Å². The number of nitrogens with one attached hydrogen (secondary N) is 2. The lowest BCUT2D eigenvalue weighted by molar-refractivity contribution is 0.229. The number of hydrogen-bond donors (Lipinski definition) is 3. The quantitative estimate of drug-likeness (QED) is 0.511. The number of carbonyl (C=O) groups excluding carboxylic acids is 1. The summed E-state index contributed by atoms with van der Waals surface area (Å²) in [6, 6.07) is 6.75. The summed E-state index contributed by atoms with van der Waals surface area (Å²) in [6.45, 7) is 4.24. The van der Waals surface area contributed by atoms with Crippen molar-refractivity contribution in [2.75, 3.05) is 23.4 Å². The van der Waals surface area contributed by atoms with Crippen LogP contribution in [0, 0.1) is 17.8 Å². The SMILES string of the molecule is CCOc1ccc2oc(N3[C@@H]4C5c6sc(NC(=O)N[C@H](C)CO)nc6C[C@H]6C([C@H]54)[C@H]63)nc2c1. The van der Waals surface area contributed by atoms with Crippen LogP contribution in [0.15, 0.2) is 22.6 Å². The molecule has 33 heavy (non-hydrogen) atoms. The average molecular weight is 468 g/mol. The number of fused-ring (bicyclic) bond motifs is 5. The first-order chi connectivity index (χ1) is 16.1. The molecule has 3 N–H and O–H groups in total. The maximum Gasteiger partial charge on any atom is 0.321 e. The number of rotatable bonds is 6. The molecule has 3 fully saturated rings. The van der Waals surface area contributed by atoms with E-state index in [0.29, 0.717) is 47.5 Å². The second-order valence-corrected chi connectivity index (χ2v) is 10.5. The number of amides is 2. The van der Waals surface area contributed by atoms with Crippen LogP contribution < -0.4 is 20.3 Å². The molecule has 0 bridgehead atoms. The Morgan fingerprint density at radius 2 is 2.24 bits per heavy atom. The van der Waals surface area contributed by atoms with Crippen LogP contribution in [0.3, 0.4) is 0 Å². The molecule has 3 heterocycles. The predicted octanol–water partition coefficient (Wildman–Crippen LogP) is 2.96. The van der Waals surface area contributed by atoms with Crippen molar-refractivity contribution in [1.82, 2.24) is 15.3 Å². The highest BCUT2D eigenvalue weighted by molar-refractivity contribution is 7.16. The number of anilines is 2. The van der Waals surface area contributed by atoms with Gasteiger partial charge in [-0.1, -0.05) is 0 Å². The lowest BCUT2D eigenvalue weighted by Gasteiger charge is -2.22. The molecule has 7 rings (SSSR count). The van der Waals surface area contributed by atoms with Gasteiger partial charge in [0.15, 0.2) is 10.7 Å². The normalized spacial score (nSPS) is 30.9. The Morgan fingerprint density at radius 1 is 1.36 bits per heavy atom. The summed E-state index contributed by atoms with van der Waals surface area (Å²) in [4.78, 5) is 25.5. The van der Waals surface area contributed by atoms with Gasteiger partial charge in [0.05, 0.1) is 24.9 Å². The maximum absolute atomic E-state index is 12.2. The van der Waals surface area contributed by atoms with Gasteiger partial charge in [-0.2, -0.15) is 4.98 Å². The van der Waals surface area contributed by atoms with E-state index in [0.717, 1.165) is 35.0 Å². The average Bonchev–Trinajstić information content (AvgIpc) is 3.47. The number of aliphatic hydroxyl groups excluding tert-OH is 1. The highest BCUT2D eigenvalue weighted by Gasteiger charge is 2.80. The fraction of sp³-hybridized carbons (Fsp3) is 0.522. The number of urea groups is 1. The largest absolute Gasteiger partial charge is 0.494 e. The molecule has 1 saturated heterocycles. The lowest BCUT2D eigenvalue weighted by atomic mass is 10.1. The van der Waals surface area contributed by atoms with E-state index in [1.165, 1.54) is 4.88 Å². The summed E-state index contributed by atoms with van der Waals surface area (Å²) >= 11 is 1.58. The number of nitrogens with zero attached hydrogens (tertiary/aromatic N) is 3. The van der Waals surface area contributed by atoms with Crippen molar-refractivity contribution < 1.29 is 19.1 Å². The minimum absolute atomic E-state index is 0.101. The molecular weight excluding hydrogens is 442 g/mol. The van der Waals surface area contributed by atoms with E-state index in [2.05, 4.69) is 15.5 Å².